The Kier molecular flexibility index (Phi) is 5.43. The Morgan fingerprint density at radius 3 is 2.45 bits per heavy atom. The van der Waals surface area contributed by atoms with E-state index in [1.807, 2.05) is 48.5 Å². The largest absolute Gasteiger partial charge is 0.489 e. The molecule has 4 aromatic rings. The lowest BCUT2D eigenvalue weighted by atomic mass is 10.1. The number of rotatable bonds is 7. The average Bonchev–Trinajstić information content (AvgIpc) is 2.77. The van der Waals surface area contributed by atoms with Crippen LogP contribution in [-0.2, 0) is 13.2 Å². The van der Waals surface area contributed by atoms with Crippen molar-refractivity contribution in [2.45, 2.75) is 13.2 Å². The molecule has 0 saturated heterocycles. The number of benzene rings is 4. The molecule has 0 aromatic heterocycles. The van der Waals surface area contributed by atoms with Gasteiger partial charge in [0.25, 0.3) is 0 Å². The first-order valence-electron chi connectivity index (χ1n) is 9.45. The van der Waals surface area contributed by atoms with Gasteiger partial charge in [-0.25, -0.2) is 4.79 Å². The molecule has 0 spiro atoms. The molecule has 29 heavy (non-hydrogen) atoms. The fourth-order valence-corrected chi connectivity index (χ4v) is 3.32. The van der Waals surface area contributed by atoms with Crippen LogP contribution in [0.25, 0.3) is 10.8 Å². The lowest BCUT2D eigenvalue weighted by Crippen LogP contribution is -2.05. The van der Waals surface area contributed by atoms with Crippen molar-refractivity contribution in [1.29, 1.82) is 0 Å². The van der Waals surface area contributed by atoms with Gasteiger partial charge in [0.15, 0.2) is 0 Å². The van der Waals surface area contributed by atoms with Crippen LogP contribution in [0, 0.1) is 0 Å². The lowest BCUT2D eigenvalue weighted by Gasteiger charge is -2.14. The van der Waals surface area contributed by atoms with E-state index in [1.54, 1.807) is 18.2 Å². The van der Waals surface area contributed by atoms with Gasteiger partial charge >= 0.3 is 5.97 Å². The number of hydrogen-bond acceptors (Lipinski definition) is 3. The molecule has 0 amide bonds. The van der Waals surface area contributed by atoms with Gasteiger partial charge in [-0.15, -0.1) is 0 Å². The molecule has 0 radical (unpaired) electrons. The van der Waals surface area contributed by atoms with Crippen molar-refractivity contribution in [2.75, 3.05) is 5.32 Å². The molecule has 4 heteroatoms. The summed E-state index contributed by atoms with van der Waals surface area (Å²) in [6.45, 7) is 1.02. The fourth-order valence-electron chi connectivity index (χ4n) is 3.32. The summed E-state index contributed by atoms with van der Waals surface area (Å²) in [5.74, 6) is -0.130. The minimum Gasteiger partial charge on any atom is -0.489 e. The van der Waals surface area contributed by atoms with Crippen LogP contribution in [0.3, 0.4) is 0 Å². The van der Waals surface area contributed by atoms with E-state index in [0.29, 0.717) is 13.2 Å². The van der Waals surface area contributed by atoms with E-state index >= 15 is 0 Å². The Hall–Kier alpha value is -3.79. The molecule has 0 aliphatic rings. The lowest BCUT2D eigenvalue weighted by molar-refractivity contribution is 0.0697. The third kappa shape index (κ3) is 4.38. The summed E-state index contributed by atoms with van der Waals surface area (Å²) in [7, 11) is 0. The molecule has 4 aromatic carbocycles. The summed E-state index contributed by atoms with van der Waals surface area (Å²) < 4.78 is 6.15. The Morgan fingerprint density at radius 2 is 1.55 bits per heavy atom. The third-order valence-electron chi connectivity index (χ3n) is 4.83. The molecule has 0 aliphatic carbocycles. The number of nitrogens with one attached hydrogen (secondary N) is 1. The molecule has 0 heterocycles. The van der Waals surface area contributed by atoms with Crippen LogP contribution in [0.1, 0.15) is 21.5 Å². The van der Waals surface area contributed by atoms with E-state index in [0.717, 1.165) is 22.6 Å². The maximum absolute atomic E-state index is 11.1. The summed E-state index contributed by atoms with van der Waals surface area (Å²) in [6, 6.07) is 29.2. The Morgan fingerprint density at radius 1 is 0.828 bits per heavy atom. The van der Waals surface area contributed by atoms with E-state index < -0.39 is 5.97 Å². The highest BCUT2D eigenvalue weighted by Gasteiger charge is 2.07. The van der Waals surface area contributed by atoms with Gasteiger partial charge in [-0.2, -0.15) is 0 Å². The van der Waals surface area contributed by atoms with Crippen molar-refractivity contribution < 1.29 is 14.6 Å². The Labute approximate surface area is 169 Å². The van der Waals surface area contributed by atoms with Crippen LogP contribution in [0.2, 0.25) is 0 Å². The van der Waals surface area contributed by atoms with Gasteiger partial charge < -0.3 is 15.2 Å². The van der Waals surface area contributed by atoms with Gasteiger partial charge in [-0.3, -0.25) is 0 Å². The number of ether oxygens (including phenoxy) is 1. The molecule has 0 fully saturated rings. The number of para-hydroxylation sites is 1. The zero-order valence-corrected chi connectivity index (χ0v) is 15.8. The maximum atomic E-state index is 11.1. The summed E-state index contributed by atoms with van der Waals surface area (Å²) in [5.41, 5.74) is 3.16. The second-order valence-corrected chi connectivity index (χ2v) is 6.77. The van der Waals surface area contributed by atoms with Crippen molar-refractivity contribution in [3.8, 4) is 5.75 Å². The van der Waals surface area contributed by atoms with Crippen molar-refractivity contribution in [3.63, 3.8) is 0 Å². The van der Waals surface area contributed by atoms with Crippen molar-refractivity contribution in [1.82, 2.24) is 0 Å². The molecule has 0 bridgehead atoms. The summed E-state index contributed by atoms with van der Waals surface area (Å²) in [4.78, 5) is 11.1. The molecule has 0 atom stereocenters. The average molecular weight is 383 g/mol. The molecule has 0 aliphatic heterocycles. The van der Waals surface area contributed by atoms with Crippen LogP contribution < -0.4 is 10.1 Å². The normalized spacial score (nSPS) is 10.6. The molecular weight excluding hydrogens is 362 g/mol. The van der Waals surface area contributed by atoms with Gasteiger partial charge in [-0.1, -0.05) is 66.7 Å². The molecule has 144 valence electrons. The van der Waals surface area contributed by atoms with Crippen LogP contribution in [0.5, 0.6) is 5.75 Å². The highest BCUT2D eigenvalue weighted by molar-refractivity contribution is 5.88. The zero-order chi connectivity index (χ0) is 20.1. The Balaban J connectivity index is 1.48. The number of carboxylic acid groups (broad SMARTS) is 1. The molecular formula is C25H21NO3. The van der Waals surface area contributed by atoms with Gasteiger partial charge in [0.05, 0.1) is 5.56 Å². The summed E-state index contributed by atoms with van der Waals surface area (Å²) in [5, 5.41) is 14.8. The topological polar surface area (TPSA) is 58.6 Å². The number of hydrogen-bond donors (Lipinski definition) is 2. The van der Waals surface area contributed by atoms with E-state index in [9.17, 15) is 4.79 Å². The SMILES string of the molecule is O=C(O)c1cccc(NCc2ccccc2OCc2cccc3ccccc23)c1. The van der Waals surface area contributed by atoms with Crippen molar-refractivity contribution in [3.05, 3.63) is 108 Å². The van der Waals surface area contributed by atoms with Crippen LogP contribution >= 0.6 is 0 Å². The molecule has 4 rings (SSSR count). The van der Waals surface area contributed by atoms with E-state index in [4.69, 9.17) is 9.84 Å². The first kappa shape index (κ1) is 18.6. The van der Waals surface area contributed by atoms with Crippen molar-refractivity contribution in [2.24, 2.45) is 0 Å². The number of fused-ring (bicyclic) bond motifs is 1. The van der Waals surface area contributed by atoms with Crippen LogP contribution in [0.15, 0.2) is 91.0 Å². The standard InChI is InChI=1S/C25H21NO3/c27-25(28)19-10-6-12-22(15-19)26-16-20-8-2-4-14-24(20)29-17-21-11-5-9-18-7-1-3-13-23(18)21/h1-15,26H,16-17H2,(H,27,28). The van der Waals surface area contributed by atoms with E-state index in [1.165, 1.54) is 10.8 Å². The van der Waals surface area contributed by atoms with E-state index in [2.05, 4.69) is 29.6 Å². The number of aromatic carboxylic acids is 1. The molecule has 0 unspecified atom stereocenters. The monoisotopic (exact) mass is 383 g/mol. The summed E-state index contributed by atoms with van der Waals surface area (Å²) in [6.07, 6.45) is 0. The van der Waals surface area contributed by atoms with Gasteiger partial charge in [0.1, 0.15) is 12.4 Å². The number of carboxylic acids is 1. The van der Waals surface area contributed by atoms with Crippen LogP contribution in [0.4, 0.5) is 5.69 Å². The van der Waals surface area contributed by atoms with Gasteiger partial charge in [-0.05, 0) is 40.6 Å². The van der Waals surface area contributed by atoms with Gasteiger partial charge in [0.2, 0.25) is 0 Å². The maximum Gasteiger partial charge on any atom is 0.335 e. The first-order valence-corrected chi connectivity index (χ1v) is 9.45. The molecule has 2 N–H and O–H groups in total. The minimum atomic E-state index is -0.938. The molecule has 4 nitrogen and oxygen atoms in total. The van der Waals surface area contributed by atoms with Gasteiger partial charge in [0, 0.05) is 17.8 Å². The molecule has 0 saturated carbocycles. The third-order valence-corrected chi connectivity index (χ3v) is 4.83. The first-order chi connectivity index (χ1) is 14.2. The fraction of sp³-hybridized carbons (Fsp3) is 0.0800. The quantitative estimate of drug-likeness (QED) is 0.428. The summed E-state index contributed by atoms with van der Waals surface area (Å²) >= 11 is 0. The zero-order valence-electron chi connectivity index (χ0n) is 15.8. The highest BCUT2D eigenvalue weighted by Crippen LogP contribution is 2.24. The second kappa shape index (κ2) is 8.48. The second-order valence-electron chi connectivity index (χ2n) is 6.77. The van der Waals surface area contributed by atoms with E-state index in [-0.39, 0.29) is 5.56 Å². The van der Waals surface area contributed by atoms with Crippen LogP contribution in [-0.4, -0.2) is 11.1 Å². The minimum absolute atomic E-state index is 0.260. The highest BCUT2D eigenvalue weighted by atomic mass is 16.5. The number of anilines is 1. The number of carbonyl (C=O) groups is 1. The predicted octanol–water partition coefficient (Wildman–Crippen LogP) is 5.73. The predicted molar refractivity (Wildman–Crippen MR) is 115 cm³/mol. The van der Waals surface area contributed by atoms with Crippen molar-refractivity contribution >= 4 is 22.4 Å². The Bertz CT molecular complexity index is 1150. The smallest absolute Gasteiger partial charge is 0.335 e.